The second kappa shape index (κ2) is 7.61. The summed E-state index contributed by atoms with van der Waals surface area (Å²) in [7, 11) is 0. The van der Waals surface area contributed by atoms with Crippen molar-refractivity contribution in [2.24, 2.45) is 0 Å². The van der Waals surface area contributed by atoms with E-state index in [4.69, 9.17) is 4.42 Å². The van der Waals surface area contributed by atoms with Crippen molar-refractivity contribution in [3.8, 4) is 0 Å². The highest BCUT2D eigenvalue weighted by molar-refractivity contribution is 7.98. The van der Waals surface area contributed by atoms with E-state index in [-0.39, 0.29) is 11.6 Å². The summed E-state index contributed by atoms with van der Waals surface area (Å²) < 4.78 is 42.6. The molecule has 9 heteroatoms. The van der Waals surface area contributed by atoms with Crippen LogP contribution in [0.5, 0.6) is 0 Å². The van der Waals surface area contributed by atoms with Crippen molar-refractivity contribution in [2.75, 3.05) is 5.32 Å². The smallest absolute Gasteiger partial charge is 0.416 e. The van der Waals surface area contributed by atoms with Crippen LogP contribution in [-0.4, -0.2) is 16.1 Å². The number of amides is 1. The van der Waals surface area contributed by atoms with Crippen molar-refractivity contribution in [1.29, 1.82) is 0 Å². The summed E-state index contributed by atoms with van der Waals surface area (Å²) in [6.45, 7) is 0. The molecular formula is C17H12F3N3O2S. The molecule has 1 amide bonds. The average molecular weight is 379 g/mol. The third-order valence-corrected chi connectivity index (χ3v) is 4.29. The number of alkyl halides is 3. The van der Waals surface area contributed by atoms with Crippen LogP contribution < -0.4 is 5.32 Å². The molecule has 1 aromatic carbocycles. The molecule has 0 bridgehead atoms. The van der Waals surface area contributed by atoms with E-state index in [1.165, 1.54) is 36.2 Å². The molecule has 0 aliphatic heterocycles. The summed E-state index contributed by atoms with van der Waals surface area (Å²) >= 11 is 1.33. The fourth-order valence-electron chi connectivity index (χ4n) is 2.00. The number of benzene rings is 1. The maximum Gasteiger partial charge on any atom is 0.416 e. The quantitative estimate of drug-likeness (QED) is 0.655. The molecule has 0 saturated heterocycles. The molecule has 0 aliphatic rings. The van der Waals surface area contributed by atoms with Crippen LogP contribution >= 0.6 is 11.8 Å². The zero-order chi connectivity index (χ0) is 18.6. The summed E-state index contributed by atoms with van der Waals surface area (Å²) in [4.78, 5) is 11.8. The first-order chi connectivity index (χ1) is 12.4. The van der Waals surface area contributed by atoms with Gasteiger partial charge in [-0.3, -0.25) is 4.79 Å². The molecule has 3 rings (SSSR count). The third kappa shape index (κ3) is 4.63. The average Bonchev–Trinajstić information content (AvgIpc) is 3.15. The van der Waals surface area contributed by atoms with Crippen molar-refractivity contribution in [1.82, 2.24) is 10.2 Å². The Hall–Kier alpha value is -2.81. The van der Waals surface area contributed by atoms with Crippen LogP contribution in [0.15, 0.2) is 64.2 Å². The number of rotatable bonds is 5. The van der Waals surface area contributed by atoms with Gasteiger partial charge in [0, 0.05) is 5.75 Å². The van der Waals surface area contributed by atoms with Crippen molar-refractivity contribution in [3.63, 3.8) is 0 Å². The van der Waals surface area contributed by atoms with E-state index in [2.05, 4.69) is 15.5 Å². The van der Waals surface area contributed by atoms with Crippen molar-refractivity contribution < 1.29 is 22.4 Å². The minimum atomic E-state index is -4.34. The highest BCUT2D eigenvalue weighted by Crippen LogP contribution is 2.30. The molecule has 0 atom stereocenters. The molecule has 5 nitrogen and oxygen atoms in total. The van der Waals surface area contributed by atoms with Gasteiger partial charge in [0.15, 0.2) is 11.6 Å². The number of anilines is 1. The van der Waals surface area contributed by atoms with E-state index >= 15 is 0 Å². The molecule has 134 valence electrons. The van der Waals surface area contributed by atoms with Gasteiger partial charge in [-0.15, -0.1) is 10.2 Å². The number of carbonyl (C=O) groups is 1. The predicted octanol–water partition coefficient (Wildman–Crippen LogP) is 4.63. The molecule has 0 spiro atoms. The Morgan fingerprint density at radius 1 is 1.08 bits per heavy atom. The largest absolute Gasteiger partial charge is 0.459 e. The van der Waals surface area contributed by atoms with E-state index in [1.807, 2.05) is 0 Å². The predicted molar refractivity (Wildman–Crippen MR) is 89.7 cm³/mol. The number of hydrogen-bond acceptors (Lipinski definition) is 5. The standard InChI is InChI=1S/C17H12F3N3O2S/c18-17(19,20)12-5-3-11(4-6-12)10-26-15-8-7-14(22-23-15)21-16(24)13-2-1-9-25-13/h1-9H,10H2,(H,21,22,24). The molecule has 0 aliphatic carbocycles. The Morgan fingerprint density at radius 3 is 2.42 bits per heavy atom. The zero-order valence-corrected chi connectivity index (χ0v) is 14.0. The lowest BCUT2D eigenvalue weighted by molar-refractivity contribution is -0.137. The minimum Gasteiger partial charge on any atom is -0.459 e. The summed E-state index contributed by atoms with van der Waals surface area (Å²) in [5.74, 6) is 0.442. The molecule has 3 aromatic rings. The molecule has 0 saturated carbocycles. The van der Waals surface area contributed by atoms with Gasteiger partial charge in [-0.1, -0.05) is 23.9 Å². The van der Waals surface area contributed by atoms with E-state index in [1.54, 1.807) is 18.2 Å². The Bertz CT molecular complexity index is 864. The number of carbonyl (C=O) groups excluding carboxylic acids is 1. The first-order valence-electron chi connectivity index (χ1n) is 7.39. The molecule has 26 heavy (non-hydrogen) atoms. The Morgan fingerprint density at radius 2 is 1.85 bits per heavy atom. The van der Waals surface area contributed by atoms with Crippen molar-refractivity contribution >= 4 is 23.5 Å². The maximum absolute atomic E-state index is 12.5. The van der Waals surface area contributed by atoms with Crippen LogP contribution in [0, 0.1) is 0 Å². The maximum atomic E-state index is 12.5. The topological polar surface area (TPSA) is 68.0 Å². The van der Waals surface area contributed by atoms with Crippen molar-refractivity contribution in [2.45, 2.75) is 17.0 Å². The van der Waals surface area contributed by atoms with E-state index in [9.17, 15) is 18.0 Å². The van der Waals surface area contributed by atoms with Gasteiger partial charge in [0.25, 0.3) is 5.91 Å². The van der Waals surface area contributed by atoms with Crippen LogP contribution in [0.25, 0.3) is 0 Å². The summed E-state index contributed by atoms with van der Waals surface area (Å²) in [6.07, 6.45) is -2.95. The number of furan rings is 1. The normalized spacial score (nSPS) is 11.3. The number of aromatic nitrogens is 2. The van der Waals surface area contributed by atoms with Gasteiger partial charge in [-0.2, -0.15) is 13.2 Å². The number of hydrogen-bond donors (Lipinski definition) is 1. The number of halogens is 3. The first kappa shape index (κ1) is 18.0. The van der Waals surface area contributed by atoms with Crippen LogP contribution in [0.1, 0.15) is 21.7 Å². The minimum absolute atomic E-state index is 0.160. The Labute approximate surface area is 150 Å². The lowest BCUT2D eigenvalue weighted by Crippen LogP contribution is -2.12. The summed E-state index contributed by atoms with van der Waals surface area (Å²) in [6, 6.07) is 11.3. The second-order valence-electron chi connectivity index (χ2n) is 5.17. The number of thioether (sulfide) groups is 1. The van der Waals surface area contributed by atoms with Crippen LogP contribution in [0.2, 0.25) is 0 Å². The number of nitrogens with one attached hydrogen (secondary N) is 1. The van der Waals surface area contributed by atoms with E-state index in [0.717, 1.165) is 17.7 Å². The van der Waals surface area contributed by atoms with Gasteiger partial charge < -0.3 is 9.73 Å². The van der Waals surface area contributed by atoms with Gasteiger partial charge in [0.2, 0.25) is 0 Å². The number of nitrogens with zero attached hydrogens (tertiary/aromatic N) is 2. The molecular weight excluding hydrogens is 367 g/mol. The van der Waals surface area contributed by atoms with Crippen LogP contribution in [-0.2, 0) is 11.9 Å². The fraction of sp³-hybridized carbons (Fsp3) is 0.118. The molecule has 0 radical (unpaired) electrons. The lowest BCUT2D eigenvalue weighted by atomic mass is 10.1. The van der Waals surface area contributed by atoms with Gasteiger partial charge >= 0.3 is 6.18 Å². The van der Waals surface area contributed by atoms with E-state index in [0.29, 0.717) is 10.8 Å². The van der Waals surface area contributed by atoms with Gasteiger partial charge in [-0.25, -0.2) is 0 Å². The fourth-order valence-corrected chi connectivity index (χ4v) is 2.77. The van der Waals surface area contributed by atoms with Crippen LogP contribution in [0.3, 0.4) is 0 Å². The molecule has 2 heterocycles. The van der Waals surface area contributed by atoms with Gasteiger partial charge in [0.05, 0.1) is 11.8 Å². The SMILES string of the molecule is O=C(Nc1ccc(SCc2ccc(C(F)(F)F)cc2)nn1)c1ccco1. The third-order valence-electron chi connectivity index (χ3n) is 3.29. The van der Waals surface area contributed by atoms with Gasteiger partial charge in [-0.05, 0) is 42.0 Å². The second-order valence-corrected chi connectivity index (χ2v) is 6.17. The molecule has 0 unspecified atom stereocenters. The molecule has 2 aromatic heterocycles. The lowest BCUT2D eigenvalue weighted by Gasteiger charge is -2.07. The summed E-state index contributed by atoms with van der Waals surface area (Å²) in [5.41, 5.74) is 0.0580. The highest BCUT2D eigenvalue weighted by Gasteiger charge is 2.29. The van der Waals surface area contributed by atoms with E-state index < -0.39 is 17.6 Å². The van der Waals surface area contributed by atoms with Crippen molar-refractivity contribution in [3.05, 3.63) is 71.7 Å². The highest BCUT2D eigenvalue weighted by atomic mass is 32.2. The van der Waals surface area contributed by atoms with Gasteiger partial charge in [0.1, 0.15) is 5.03 Å². The molecule has 1 N–H and O–H groups in total. The first-order valence-corrected chi connectivity index (χ1v) is 8.38. The Balaban J connectivity index is 1.55. The van der Waals surface area contributed by atoms with Crippen LogP contribution in [0.4, 0.5) is 19.0 Å². The molecule has 0 fully saturated rings. The monoisotopic (exact) mass is 379 g/mol. The summed E-state index contributed by atoms with van der Waals surface area (Å²) in [5, 5.41) is 11.0. The Kier molecular flexibility index (Phi) is 5.27. The zero-order valence-electron chi connectivity index (χ0n) is 13.2.